The number of benzene rings is 2. The molecular formula is C28H32F4N8O4S. The van der Waals surface area contributed by atoms with Crippen molar-refractivity contribution in [2.75, 3.05) is 31.5 Å². The lowest BCUT2D eigenvalue weighted by Gasteiger charge is -2.41. The van der Waals surface area contributed by atoms with Crippen molar-refractivity contribution in [3.8, 4) is 11.4 Å². The average molecular weight is 653 g/mol. The van der Waals surface area contributed by atoms with Gasteiger partial charge in [0.25, 0.3) is 0 Å². The number of hydrogen-bond acceptors (Lipinski definition) is 7. The number of urea groups is 1. The molecule has 3 amide bonds. The maximum absolute atomic E-state index is 13.9. The van der Waals surface area contributed by atoms with Crippen molar-refractivity contribution in [3.05, 3.63) is 59.9 Å². The molecule has 2 saturated heterocycles. The zero-order valence-electron chi connectivity index (χ0n) is 24.2. The normalized spacial score (nSPS) is 21.4. The Bertz CT molecular complexity index is 1630. The molecule has 45 heavy (non-hydrogen) atoms. The number of amides is 3. The third-order valence-electron chi connectivity index (χ3n) is 8.11. The number of nitrogens with zero attached hydrogens (tertiary/aromatic N) is 6. The number of tetrazole rings is 1. The van der Waals surface area contributed by atoms with Crippen LogP contribution < -0.4 is 10.6 Å². The monoisotopic (exact) mass is 652 g/mol. The van der Waals surface area contributed by atoms with E-state index < -0.39 is 52.5 Å². The number of nitrogens with one attached hydrogen (secondary N) is 2. The van der Waals surface area contributed by atoms with Gasteiger partial charge in [-0.05, 0) is 71.9 Å². The molecule has 0 aliphatic carbocycles. The smallest absolute Gasteiger partial charge is 0.342 e. The molecule has 2 fully saturated rings. The molecule has 17 heteroatoms. The van der Waals surface area contributed by atoms with E-state index in [4.69, 9.17) is 0 Å². The predicted molar refractivity (Wildman–Crippen MR) is 154 cm³/mol. The number of anilines is 1. The molecule has 2 aromatic carbocycles. The molecule has 3 atom stereocenters. The fourth-order valence-corrected chi connectivity index (χ4v) is 6.87. The predicted octanol–water partition coefficient (Wildman–Crippen LogP) is 3.16. The largest absolute Gasteiger partial charge is 0.511 e. The first-order chi connectivity index (χ1) is 21.3. The van der Waals surface area contributed by atoms with E-state index in [9.17, 15) is 35.6 Å². The summed E-state index contributed by atoms with van der Waals surface area (Å²) in [6.07, 6.45) is 1.77. The lowest BCUT2D eigenvalue weighted by molar-refractivity contribution is -0.139. The Labute approximate surface area is 256 Å². The van der Waals surface area contributed by atoms with Crippen LogP contribution in [0.1, 0.15) is 24.8 Å². The quantitative estimate of drug-likeness (QED) is 0.374. The minimum atomic E-state index is -5.70. The number of halogens is 4. The van der Waals surface area contributed by atoms with Crippen LogP contribution in [0.15, 0.2) is 48.5 Å². The van der Waals surface area contributed by atoms with Crippen molar-refractivity contribution in [3.63, 3.8) is 0 Å². The van der Waals surface area contributed by atoms with Gasteiger partial charge < -0.3 is 15.5 Å². The third-order valence-corrected chi connectivity index (χ3v) is 9.71. The van der Waals surface area contributed by atoms with E-state index >= 15 is 0 Å². The molecule has 12 nitrogen and oxygen atoms in total. The van der Waals surface area contributed by atoms with Gasteiger partial charge in [0.2, 0.25) is 5.91 Å². The van der Waals surface area contributed by atoms with Crippen LogP contribution in [0.4, 0.5) is 28.0 Å². The zero-order chi connectivity index (χ0) is 32.4. The van der Waals surface area contributed by atoms with Crippen molar-refractivity contribution in [1.29, 1.82) is 0 Å². The summed E-state index contributed by atoms with van der Waals surface area (Å²) in [5, 5.41) is 16.7. The Morgan fingerprint density at radius 1 is 1.04 bits per heavy atom. The maximum atomic E-state index is 13.9. The molecule has 5 rings (SSSR count). The maximum Gasteiger partial charge on any atom is 0.511 e. The van der Waals surface area contributed by atoms with Crippen LogP contribution in [0, 0.1) is 17.7 Å². The van der Waals surface area contributed by atoms with E-state index in [0.29, 0.717) is 43.0 Å². The zero-order valence-corrected chi connectivity index (χ0v) is 25.1. The van der Waals surface area contributed by atoms with Crippen LogP contribution in [0.5, 0.6) is 0 Å². The highest BCUT2D eigenvalue weighted by Crippen LogP contribution is 2.32. The van der Waals surface area contributed by atoms with Crippen molar-refractivity contribution in [2.45, 2.75) is 37.2 Å². The number of piperidine rings is 2. The van der Waals surface area contributed by atoms with Gasteiger partial charge in [0.05, 0.1) is 5.92 Å². The second kappa shape index (κ2) is 13.1. The van der Waals surface area contributed by atoms with Crippen LogP contribution in [0.3, 0.4) is 0 Å². The Balaban J connectivity index is 1.31. The van der Waals surface area contributed by atoms with Gasteiger partial charge in [0.15, 0.2) is 5.82 Å². The minimum absolute atomic E-state index is 0.0119. The van der Waals surface area contributed by atoms with Gasteiger partial charge >= 0.3 is 21.6 Å². The number of carbonyl (C=O) groups excluding carboxylic acids is 2. The second-order valence-electron chi connectivity index (χ2n) is 11.2. The summed E-state index contributed by atoms with van der Waals surface area (Å²) in [5.41, 5.74) is -3.68. The summed E-state index contributed by atoms with van der Waals surface area (Å²) in [5.74, 6) is -1.71. The van der Waals surface area contributed by atoms with Crippen molar-refractivity contribution in [2.24, 2.45) is 18.9 Å². The molecule has 3 aromatic rings. The van der Waals surface area contributed by atoms with E-state index in [1.807, 2.05) is 0 Å². The number of rotatable bonds is 7. The summed E-state index contributed by atoms with van der Waals surface area (Å²) < 4.78 is 80.0. The summed E-state index contributed by atoms with van der Waals surface area (Å²) in [7, 11) is -4.05. The molecule has 0 spiro atoms. The summed E-state index contributed by atoms with van der Waals surface area (Å²) in [6, 6.07) is 11.0. The Hall–Kier alpha value is -4.12. The molecule has 3 heterocycles. The van der Waals surface area contributed by atoms with E-state index in [1.165, 1.54) is 21.7 Å². The fraction of sp³-hybridized carbons (Fsp3) is 0.464. The minimum Gasteiger partial charge on any atom is -0.342 e. The van der Waals surface area contributed by atoms with Crippen LogP contribution in [-0.4, -0.2) is 87.5 Å². The van der Waals surface area contributed by atoms with Gasteiger partial charge in [-0.15, -0.1) is 5.10 Å². The Morgan fingerprint density at radius 3 is 2.49 bits per heavy atom. The lowest BCUT2D eigenvalue weighted by Crippen LogP contribution is -2.59. The van der Waals surface area contributed by atoms with Gasteiger partial charge in [-0.3, -0.25) is 4.79 Å². The van der Waals surface area contributed by atoms with Crippen LogP contribution in [0.2, 0.25) is 0 Å². The number of likely N-dealkylation sites (tertiary alicyclic amines) is 1. The molecule has 0 saturated carbocycles. The van der Waals surface area contributed by atoms with Gasteiger partial charge in [-0.1, -0.05) is 24.3 Å². The SMILES string of the molecule is Cn1nnnc1-c1cccc(NC(=O)N[C@@H]2CCN(S(=O)(=O)C(F)(F)F)C[C@@H]2C(=O)N2CCC[C@@H](Cc3ccc(F)cc3)C2)c1. The van der Waals surface area contributed by atoms with Gasteiger partial charge in [0.1, 0.15) is 5.82 Å². The molecule has 2 aliphatic heterocycles. The molecule has 0 unspecified atom stereocenters. The molecule has 2 N–H and O–H groups in total. The highest BCUT2D eigenvalue weighted by Gasteiger charge is 2.53. The van der Waals surface area contributed by atoms with Crippen molar-refractivity contribution >= 4 is 27.6 Å². The molecular weight excluding hydrogens is 620 g/mol. The number of carbonyl (C=O) groups is 2. The molecule has 2 aliphatic rings. The van der Waals surface area contributed by atoms with Crippen LogP contribution in [-0.2, 0) is 28.3 Å². The van der Waals surface area contributed by atoms with Gasteiger partial charge in [-0.2, -0.15) is 17.5 Å². The molecule has 0 bridgehead atoms. The van der Waals surface area contributed by atoms with Crippen molar-refractivity contribution in [1.82, 2.24) is 34.7 Å². The van der Waals surface area contributed by atoms with E-state index in [-0.39, 0.29) is 22.5 Å². The first-order valence-corrected chi connectivity index (χ1v) is 15.8. The van der Waals surface area contributed by atoms with E-state index in [1.54, 1.807) is 43.4 Å². The van der Waals surface area contributed by atoms with Crippen LogP contribution in [0.25, 0.3) is 11.4 Å². The third kappa shape index (κ3) is 7.41. The summed E-state index contributed by atoms with van der Waals surface area (Å²) in [6.45, 7) is -0.636. The summed E-state index contributed by atoms with van der Waals surface area (Å²) >= 11 is 0. The molecule has 0 radical (unpaired) electrons. The first kappa shape index (κ1) is 32.3. The molecule has 242 valence electrons. The second-order valence-corrected chi connectivity index (χ2v) is 13.2. The number of hydrogen-bond donors (Lipinski definition) is 2. The highest BCUT2D eigenvalue weighted by atomic mass is 32.2. The average Bonchev–Trinajstić information content (AvgIpc) is 3.43. The van der Waals surface area contributed by atoms with Crippen molar-refractivity contribution < 1.29 is 35.6 Å². The van der Waals surface area contributed by atoms with Crippen LogP contribution >= 0.6 is 0 Å². The number of aromatic nitrogens is 4. The number of sulfonamides is 1. The highest BCUT2D eigenvalue weighted by molar-refractivity contribution is 7.90. The number of aryl methyl sites for hydroxylation is 1. The fourth-order valence-electron chi connectivity index (χ4n) is 5.88. The van der Waals surface area contributed by atoms with E-state index in [0.717, 1.165) is 12.0 Å². The van der Waals surface area contributed by atoms with Gasteiger partial charge in [0, 0.05) is 50.5 Å². The van der Waals surface area contributed by atoms with Gasteiger partial charge in [-0.25, -0.2) is 22.3 Å². The standard InChI is InChI=1S/C28H32F4N8O4S/c1-38-25(35-36-37-38)20-5-2-6-22(15-20)33-27(42)34-24-11-13-40(45(43,44)28(30,31)32)17-23(24)26(41)39-12-3-4-19(16-39)14-18-7-9-21(29)10-8-18/h2,5-10,15,19,23-24H,3-4,11-14,16-17H2,1H3,(H2,33,34,42)/t19-,23-,24+/m0/s1. The number of alkyl halides is 3. The lowest BCUT2D eigenvalue weighted by atomic mass is 9.88. The first-order valence-electron chi connectivity index (χ1n) is 14.3. The molecule has 1 aromatic heterocycles. The Kier molecular flexibility index (Phi) is 9.38. The topological polar surface area (TPSA) is 142 Å². The summed E-state index contributed by atoms with van der Waals surface area (Å²) in [4.78, 5) is 28.5. The Morgan fingerprint density at radius 2 is 1.80 bits per heavy atom. The van der Waals surface area contributed by atoms with E-state index in [2.05, 4.69) is 26.2 Å².